The molecular formula is C22H11F4N4NaO4. The van der Waals surface area contributed by atoms with Crippen LogP contribution < -0.4 is 34.7 Å². The molecule has 13 heteroatoms. The summed E-state index contributed by atoms with van der Waals surface area (Å²) in [5, 5.41) is 19.3. The molecule has 0 fully saturated rings. The largest absolute Gasteiger partial charge is 1.00 e. The van der Waals surface area contributed by atoms with Gasteiger partial charge >= 0.3 is 35.5 Å². The van der Waals surface area contributed by atoms with Gasteiger partial charge in [0.15, 0.2) is 29.0 Å². The molecule has 172 valence electrons. The number of aromatic nitrogens is 4. The summed E-state index contributed by atoms with van der Waals surface area (Å²) in [5.74, 6) is -6.68. The van der Waals surface area contributed by atoms with Gasteiger partial charge in [-0.15, -0.1) is 0 Å². The molecule has 4 aromatic rings. The molecule has 8 nitrogen and oxygen atoms in total. The molecule has 0 atom stereocenters. The van der Waals surface area contributed by atoms with Crippen molar-refractivity contribution in [3.63, 3.8) is 0 Å². The molecule has 0 aliphatic heterocycles. The monoisotopic (exact) mass is 494 g/mol. The van der Waals surface area contributed by atoms with E-state index < -0.39 is 35.2 Å². The first-order chi connectivity index (χ1) is 16.2. The first-order valence-electron chi connectivity index (χ1n) is 9.15. The third-order valence-electron chi connectivity index (χ3n) is 4.19. The number of carbonyl (C=O) groups excluding carboxylic acids is 1. The number of halogens is 4. The SMILES string of the molecule is O=C(O)c1cc(-c2ccc(F)c(F)c2)ncn1.O=C([O-])c1cc(-c2ccc(F)c(F)c2)ncn1.[Na+]. The molecule has 0 radical (unpaired) electrons. The summed E-state index contributed by atoms with van der Waals surface area (Å²) in [4.78, 5) is 35.8. The third-order valence-corrected chi connectivity index (χ3v) is 4.19. The molecule has 0 bridgehead atoms. The van der Waals surface area contributed by atoms with Crippen LogP contribution in [0.5, 0.6) is 0 Å². The van der Waals surface area contributed by atoms with Crippen LogP contribution in [0.15, 0.2) is 61.2 Å². The van der Waals surface area contributed by atoms with Crippen LogP contribution in [0.25, 0.3) is 22.5 Å². The predicted molar refractivity (Wildman–Crippen MR) is 106 cm³/mol. The minimum absolute atomic E-state index is 0. The predicted octanol–water partition coefficient (Wildman–Crippen LogP) is -0.0907. The Morgan fingerprint density at radius 1 is 0.657 bits per heavy atom. The van der Waals surface area contributed by atoms with E-state index in [1.54, 1.807) is 0 Å². The standard InChI is InChI=1S/2C11H6F2N2O2.Na/c2*12-7-2-1-6(3-8(7)13)9-4-10(11(16)17)15-5-14-9;/h2*1-5H,(H,16,17);/q;;+1/p-1. The van der Waals surface area contributed by atoms with Gasteiger partial charge in [0.25, 0.3) is 0 Å². The van der Waals surface area contributed by atoms with Crippen LogP contribution in [0.4, 0.5) is 17.6 Å². The van der Waals surface area contributed by atoms with Gasteiger partial charge in [-0.05, 0) is 48.5 Å². The topological polar surface area (TPSA) is 129 Å². The summed E-state index contributed by atoms with van der Waals surface area (Å²) in [6, 6.07) is 8.68. The molecule has 0 spiro atoms. The van der Waals surface area contributed by atoms with Gasteiger partial charge in [0.05, 0.1) is 23.1 Å². The van der Waals surface area contributed by atoms with Crippen LogP contribution in [0.3, 0.4) is 0 Å². The first kappa shape index (κ1) is 27.5. The van der Waals surface area contributed by atoms with Crippen LogP contribution in [0.2, 0.25) is 0 Å². The summed E-state index contributed by atoms with van der Waals surface area (Å²) in [6.07, 6.45) is 2.07. The Bertz CT molecular complexity index is 1290. The maximum atomic E-state index is 13.0. The van der Waals surface area contributed by atoms with Crippen molar-refractivity contribution < 1.29 is 66.9 Å². The van der Waals surface area contributed by atoms with Gasteiger partial charge in [-0.1, -0.05) is 0 Å². The maximum absolute atomic E-state index is 13.0. The van der Waals surface area contributed by atoms with Crippen molar-refractivity contribution in [2.75, 3.05) is 0 Å². The second-order valence-electron chi connectivity index (χ2n) is 6.43. The van der Waals surface area contributed by atoms with Gasteiger partial charge in [0.2, 0.25) is 0 Å². The molecule has 0 aliphatic carbocycles. The molecule has 2 heterocycles. The Morgan fingerprint density at radius 3 is 1.49 bits per heavy atom. The Morgan fingerprint density at radius 2 is 1.09 bits per heavy atom. The number of nitrogens with zero attached hydrogens (tertiary/aromatic N) is 4. The Balaban J connectivity index is 0.000000240. The Kier molecular flexibility index (Phi) is 9.51. The molecule has 2 aromatic heterocycles. The Labute approximate surface area is 216 Å². The van der Waals surface area contributed by atoms with Crippen LogP contribution >= 0.6 is 0 Å². The van der Waals surface area contributed by atoms with E-state index in [9.17, 15) is 32.3 Å². The molecule has 0 unspecified atom stereocenters. The van der Waals surface area contributed by atoms with Gasteiger partial charge in [-0.3, -0.25) is 0 Å². The van der Waals surface area contributed by atoms with E-state index in [-0.39, 0.29) is 63.5 Å². The van der Waals surface area contributed by atoms with E-state index in [4.69, 9.17) is 5.11 Å². The molecule has 4 rings (SSSR count). The zero-order chi connectivity index (χ0) is 24.8. The van der Waals surface area contributed by atoms with Gasteiger partial charge in [0, 0.05) is 11.1 Å². The minimum atomic E-state index is -1.46. The van der Waals surface area contributed by atoms with Gasteiger partial charge in [-0.2, -0.15) is 0 Å². The number of aromatic carboxylic acids is 2. The van der Waals surface area contributed by atoms with E-state index in [1.807, 2.05) is 0 Å². The molecular weight excluding hydrogens is 483 g/mol. The van der Waals surface area contributed by atoms with Gasteiger partial charge < -0.3 is 15.0 Å². The van der Waals surface area contributed by atoms with Crippen molar-refractivity contribution in [1.29, 1.82) is 0 Å². The first-order valence-corrected chi connectivity index (χ1v) is 9.15. The molecule has 2 aromatic carbocycles. The number of carbonyl (C=O) groups is 2. The van der Waals surface area contributed by atoms with Crippen LogP contribution in [0, 0.1) is 23.3 Å². The van der Waals surface area contributed by atoms with Crippen molar-refractivity contribution in [1.82, 2.24) is 19.9 Å². The average Bonchev–Trinajstić information content (AvgIpc) is 2.83. The van der Waals surface area contributed by atoms with E-state index in [0.29, 0.717) is 0 Å². The number of hydrogen-bond donors (Lipinski definition) is 1. The number of carboxylic acids is 2. The number of hydrogen-bond acceptors (Lipinski definition) is 7. The number of rotatable bonds is 4. The van der Waals surface area contributed by atoms with Crippen molar-refractivity contribution >= 4 is 11.9 Å². The normalized spacial score (nSPS) is 9.94. The second kappa shape index (κ2) is 12.1. The van der Waals surface area contributed by atoms with Crippen molar-refractivity contribution in [3.05, 3.63) is 95.8 Å². The molecule has 0 saturated heterocycles. The van der Waals surface area contributed by atoms with E-state index in [0.717, 1.165) is 43.0 Å². The smallest absolute Gasteiger partial charge is 0.543 e. The summed E-state index contributed by atoms with van der Waals surface area (Å²) < 4.78 is 51.4. The fourth-order valence-corrected chi connectivity index (χ4v) is 2.57. The van der Waals surface area contributed by atoms with E-state index >= 15 is 0 Å². The average molecular weight is 494 g/mol. The molecule has 35 heavy (non-hydrogen) atoms. The summed E-state index contributed by atoms with van der Waals surface area (Å²) >= 11 is 0. The minimum Gasteiger partial charge on any atom is -0.543 e. The van der Waals surface area contributed by atoms with Crippen LogP contribution in [0.1, 0.15) is 21.0 Å². The number of benzene rings is 2. The molecule has 0 saturated carbocycles. The Hall–Kier alpha value is -3.74. The molecule has 0 aliphatic rings. The van der Waals surface area contributed by atoms with Crippen LogP contribution in [-0.2, 0) is 0 Å². The zero-order valence-electron chi connectivity index (χ0n) is 17.7. The zero-order valence-corrected chi connectivity index (χ0v) is 19.7. The summed E-state index contributed by atoms with van der Waals surface area (Å²) in [5.41, 5.74) is 0.413. The summed E-state index contributed by atoms with van der Waals surface area (Å²) in [6.45, 7) is 0. The van der Waals surface area contributed by atoms with Gasteiger partial charge in [0.1, 0.15) is 12.7 Å². The third kappa shape index (κ3) is 7.12. The van der Waals surface area contributed by atoms with Crippen molar-refractivity contribution in [2.24, 2.45) is 0 Å². The van der Waals surface area contributed by atoms with Gasteiger partial charge in [-0.25, -0.2) is 42.3 Å². The fraction of sp³-hybridized carbons (Fsp3) is 0. The maximum Gasteiger partial charge on any atom is 1.00 e. The fourth-order valence-electron chi connectivity index (χ4n) is 2.57. The van der Waals surface area contributed by atoms with E-state index in [1.165, 1.54) is 18.2 Å². The summed E-state index contributed by atoms with van der Waals surface area (Å²) in [7, 11) is 0. The van der Waals surface area contributed by atoms with Crippen molar-refractivity contribution in [2.45, 2.75) is 0 Å². The van der Waals surface area contributed by atoms with Crippen molar-refractivity contribution in [3.8, 4) is 22.5 Å². The number of carboxylic acid groups (broad SMARTS) is 2. The second-order valence-corrected chi connectivity index (χ2v) is 6.43. The molecule has 0 amide bonds. The quantitative estimate of drug-likeness (QED) is 0.308. The van der Waals surface area contributed by atoms with E-state index in [2.05, 4.69) is 19.9 Å². The van der Waals surface area contributed by atoms with Crippen LogP contribution in [-0.4, -0.2) is 37.0 Å². The molecule has 1 N–H and O–H groups in total.